The topological polar surface area (TPSA) is 20.2 Å². The summed E-state index contributed by atoms with van der Waals surface area (Å²) >= 11 is 0. The van der Waals surface area contributed by atoms with E-state index in [1.807, 2.05) is 0 Å². The number of hydrogen-bond donors (Lipinski definition) is 1. The summed E-state index contributed by atoms with van der Waals surface area (Å²) < 4.78 is 0. The van der Waals surface area contributed by atoms with Crippen molar-refractivity contribution in [2.45, 2.75) is 84.2 Å². The molecule has 1 heteroatoms. The number of rotatable bonds is 2. The molecule has 0 heterocycles. The molecule has 22 heavy (non-hydrogen) atoms. The Bertz CT molecular complexity index is 453. The van der Waals surface area contributed by atoms with Gasteiger partial charge in [-0.3, -0.25) is 0 Å². The molecule has 7 atom stereocenters. The van der Waals surface area contributed by atoms with Crippen molar-refractivity contribution in [1.29, 1.82) is 0 Å². The average Bonchev–Trinajstić information content (AvgIpc) is 2.84. The maximum atomic E-state index is 9.99. The number of fused-ring (bicyclic) bond motifs is 5. The number of hydrogen-bond acceptors (Lipinski definition) is 1. The first-order valence-electron chi connectivity index (χ1n) is 10.0. The van der Waals surface area contributed by atoms with Crippen LogP contribution < -0.4 is 0 Å². The van der Waals surface area contributed by atoms with Crippen LogP contribution in [0.15, 0.2) is 11.6 Å². The monoisotopic (exact) mass is 302 g/mol. The van der Waals surface area contributed by atoms with E-state index in [-0.39, 0.29) is 6.10 Å². The zero-order valence-corrected chi connectivity index (χ0v) is 14.6. The van der Waals surface area contributed by atoms with Crippen molar-refractivity contribution in [3.8, 4) is 0 Å². The summed E-state index contributed by atoms with van der Waals surface area (Å²) in [5.74, 6) is 4.74. The van der Waals surface area contributed by atoms with Gasteiger partial charge in [0.25, 0.3) is 0 Å². The molecule has 124 valence electrons. The third-order valence-corrected chi connectivity index (χ3v) is 8.25. The summed E-state index contributed by atoms with van der Waals surface area (Å²) in [6.45, 7) is 5.01. The standard InChI is InChI=1S/C21H34O/c1-3-4-15-6-10-20-19-8-5-14-13-16(22)7-9-17(14)18(19)11-12-21(15,20)2/h5,15-20,22H,3-4,6-13H2,1-2H3. The lowest BCUT2D eigenvalue weighted by atomic mass is 9.51. The van der Waals surface area contributed by atoms with E-state index < -0.39 is 0 Å². The van der Waals surface area contributed by atoms with Gasteiger partial charge in [0.2, 0.25) is 0 Å². The zero-order chi connectivity index (χ0) is 15.3. The van der Waals surface area contributed by atoms with Crippen LogP contribution in [0.4, 0.5) is 0 Å². The van der Waals surface area contributed by atoms with Gasteiger partial charge in [-0.1, -0.05) is 38.3 Å². The molecule has 0 aromatic carbocycles. The molecular formula is C21H34O. The zero-order valence-electron chi connectivity index (χ0n) is 14.6. The molecule has 0 aromatic heterocycles. The molecular weight excluding hydrogens is 268 g/mol. The first-order chi connectivity index (χ1) is 10.6. The van der Waals surface area contributed by atoms with Crippen molar-refractivity contribution < 1.29 is 5.11 Å². The number of aliphatic hydroxyl groups is 1. The molecule has 4 aliphatic carbocycles. The normalized spacial score (nSPS) is 50.8. The van der Waals surface area contributed by atoms with Gasteiger partial charge < -0.3 is 5.11 Å². The summed E-state index contributed by atoms with van der Waals surface area (Å²) in [5.41, 5.74) is 2.28. The molecule has 1 N–H and O–H groups in total. The second kappa shape index (κ2) is 5.65. The molecule has 0 radical (unpaired) electrons. The van der Waals surface area contributed by atoms with E-state index in [1.54, 1.807) is 5.57 Å². The van der Waals surface area contributed by atoms with Crippen LogP contribution >= 0.6 is 0 Å². The number of allylic oxidation sites excluding steroid dienone is 1. The van der Waals surface area contributed by atoms with E-state index in [2.05, 4.69) is 19.9 Å². The first-order valence-corrected chi connectivity index (χ1v) is 10.0. The van der Waals surface area contributed by atoms with Crippen LogP contribution in [0.3, 0.4) is 0 Å². The summed E-state index contributed by atoms with van der Waals surface area (Å²) in [7, 11) is 0. The predicted octanol–water partition coefficient (Wildman–Crippen LogP) is 5.34. The van der Waals surface area contributed by atoms with Crippen molar-refractivity contribution in [2.75, 3.05) is 0 Å². The van der Waals surface area contributed by atoms with Crippen LogP contribution in [0.2, 0.25) is 0 Å². The Morgan fingerprint density at radius 2 is 2.00 bits per heavy atom. The van der Waals surface area contributed by atoms with E-state index in [0.717, 1.165) is 42.4 Å². The lowest BCUT2D eigenvalue weighted by Crippen LogP contribution is -2.46. The summed E-state index contributed by atoms with van der Waals surface area (Å²) in [6, 6.07) is 0. The van der Waals surface area contributed by atoms with Crippen LogP contribution in [0.25, 0.3) is 0 Å². The number of aliphatic hydroxyl groups excluding tert-OH is 1. The molecule has 0 saturated heterocycles. The van der Waals surface area contributed by atoms with E-state index in [9.17, 15) is 5.11 Å². The van der Waals surface area contributed by atoms with Crippen LogP contribution in [0, 0.1) is 35.0 Å². The summed E-state index contributed by atoms with van der Waals surface area (Å²) in [4.78, 5) is 0. The van der Waals surface area contributed by atoms with Crippen molar-refractivity contribution in [3.63, 3.8) is 0 Å². The molecule has 3 saturated carbocycles. The van der Waals surface area contributed by atoms with Gasteiger partial charge in [-0.25, -0.2) is 0 Å². The third-order valence-electron chi connectivity index (χ3n) is 8.25. The molecule has 7 unspecified atom stereocenters. The highest BCUT2D eigenvalue weighted by molar-refractivity contribution is 5.20. The van der Waals surface area contributed by atoms with Crippen molar-refractivity contribution in [2.24, 2.45) is 35.0 Å². The van der Waals surface area contributed by atoms with Gasteiger partial charge >= 0.3 is 0 Å². The molecule has 0 amide bonds. The average molecular weight is 303 g/mol. The summed E-state index contributed by atoms with van der Waals surface area (Å²) in [6.07, 6.45) is 15.9. The van der Waals surface area contributed by atoms with Crippen molar-refractivity contribution in [3.05, 3.63) is 11.6 Å². The van der Waals surface area contributed by atoms with Crippen LogP contribution in [0.1, 0.15) is 78.1 Å². The fourth-order valence-corrected chi connectivity index (χ4v) is 7.18. The van der Waals surface area contributed by atoms with Crippen LogP contribution in [-0.4, -0.2) is 11.2 Å². The largest absolute Gasteiger partial charge is 0.393 e. The third kappa shape index (κ3) is 2.22. The molecule has 1 nitrogen and oxygen atoms in total. The highest BCUT2D eigenvalue weighted by Crippen LogP contribution is 2.63. The minimum absolute atomic E-state index is 0.0479. The predicted molar refractivity (Wildman–Crippen MR) is 91.5 cm³/mol. The van der Waals surface area contributed by atoms with E-state index in [4.69, 9.17) is 0 Å². The van der Waals surface area contributed by atoms with Crippen molar-refractivity contribution >= 4 is 0 Å². The van der Waals surface area contributed by atoms with Gasteiger partial charge in [-0.05, 0) is 86.4 Å². The molecule has 0 aromatic rings. The fraction of sp³-hybridized carbons (Fsp3) is 0.905. The summed E-state index contributed by atoms with van der Waals surface area (Å²) in [5, 5.41) is 9.99. The Balaban J connectivity index is 1.57. The maximum absolute atomic E-state index is 9.99. The maximum Gasteiger partial charge on any atom is 0.0577 e. The second-order valence-electron chi connectivity index (χ2n) is 9.10. The molecule has 0 bridgehead atoms. The van der Waals surface area contributed by atoms with Crippen LogP contribution in [-0.2, 0) is 0 Å². The van der Waals surface area contributed by atoms with Gasteiger partial charge in [0.1, 0.15) is 0 Å². The van der Waals surface area contributed by atoms with Gasteiger partial charge in [0.15, 0.2) is 0 Å². The SMILES string of the molecule is CCCC1CCC2C3CC=C4CC(O)CCC4C3CCC12C. The highest BCUT2D eigenvalue weighted by Gasteiger charge is 2.55. The fourth-order valence-electron chi connectivity index (χ4n) is 7.18. The molecule has 4 aliphatic rings. The lowest BCUT2D eigenvalue weighted by molar-refractivity contribution is -0.0197. The van der Waals surface area contributed by atoms with Gasteiger partial charge in [-0.2, -0.15) is 0 Å². The van der Waals surface area contributed by atoms with Crippen molar-refractivity contribution in [1.82, 2.24) is 0 Å². The quantitative estimate of drug-likeness (QED) is 0.683. The Morgan fingerprint density at radius 1 is 1.14 bits per heavy atom. The van der Waals surface area contributed by atoms with E-state index >= 15 is 0 Å². The second-order valence-corrected chi connectivity index (χ2v) is 9.10. The minimum Gasteiger partial charge on any atom is -0.393 e. The smallest absolute Gasteiger partial charge is 0.0577 e. The Hall–Kier alpha value is -0.300. The molecule has 3 fully saturated rings. The lowest BCUT2D eigenvalue weighted by Gasteiger charge is -2.53. The first kappa shape index (κ1) is 15.2. The molecule has 0 spiro atoms. The minimum atomic E-state index is -0.0479. The molecule has 4 rings (SSSR count). The Labute approximate surface area is 136 Å². The highest BCUT2D eigenvalue weighted by atomic mass is 16.3. The van der Waals surface area contributed by atoms with Crippen LogP contribution in [0.5, 0.6) is 0 Å². The Morgan fingerprint density at radius 3 is 2.82 bits per heavy atom. The van der Waals surface area contributed by atoms with Gasteiger partial charge in [-0.15, -0.1) is 0 Å². The van der Waals surface area contributed by atoms with E-state index in [1.165, 1.54) is 51.4 Å². The van der Waals surface area contributed by atoms with Gasteiger partial charge in [0, 0.05) is 0 Å². The van der Waals surface area contributed by atoms with E-state index in [0.29, 0.717) is 5.41 Å². The molecule has 0 aliphatic heterocycles. The van der Waals surface area contributed by atoms with Gasteiger partial charge in [0.05, 0.1) is 6.10 Å². The Kier molecular flexibility index (Phi) is 3.92.